The summed E-state index contributed by atoms with van der Waals surface area (Å²) in [5.41, 5.74) is 7.70. The number of hydrogen-bond donors (Lipinski definition) is 1. The van der Waals surface area contributed by atoms with Crippen LogP contribution in [0.15, 0.2) is 47.9 Å². The number of aromatic nitrogens is 4. The van der Waals surface area contributed by atoms with Gasteiger partial charge in [-0.25, -0.2) is 23.1 Å². The number of nitrogens with two attached hydrogens (primary N) is 1. The SMILES string of the molecule is C=CC(=O)N1CC(C)N(c2nc(=O)n(-c3c(C)ccnc3C(C)C)c3nc(-c4cc(F)c(F)cc4N)c(Cl)cc23)CC1C. The maximum absolute atomic E-state index is 14.4. The minimum absolute atomic E-state index is 0.0542. The Morgan fingerprint density at radius 3 is 2.51 bits per heavy atom. The molecule has 43 heavy (non-hydrogen) atoms. The van der Waals surface area contributed by atoms with Crippen LogP contribution in [0, 0.1) is 18.6 Å². The van der Waals surface area contributed by atoms with Gasteiger partial charge in [0.05, 0.1) is 27.5 Å². The van der Waals surface area contributed by atoms with Gasteiger partial charge in [-0.05, 0) is 56.5 Å². The standard InChI is InChI=1S/C31H32ClF2N7O2/c1-7-25(42)39-13-18(6)40(14-17(39)5)29-20-10-21(32)27(19-11-22(33)23(34)12-24(19)35)37-30(20)41(31(43)38-29)28-16(4)8-9-36-26(28)15(2)3/h7-12,15,17-18H,1,13-14,35H2,2-6H3. The van der Waals surface area contributed by atoms with Crippen molar-refractivity contribution < 1.29 is 13.6 Å². The molecule has 2 N–H and O–H groups in total. The van der Waals surface area contributed by atoms with Gasteiger partial charge in [0.25, 0.3) is 0 Å². The van der Waals surface area contributed by atoms with Crippen molar-refractivity contribution in [1.82, 2.24) is 24.4 Å². The first-order chi connectivity index (χ1) is 20.3. The summed E-state index contributed by atoms with van der Waals surface area (Å²) in [7, 11) is 0. The van der Waals surface area contributed by atoms with Gasteiger partial charge in [-0.1, -0.05) is 32.0 Å². The molecule has 0 bridgehead atoms. The number of anilines is 2. The molecule has 0 radical (unpaired) electrons. The second kappa shape index (κ2) is 11.4. The van der Waals surface area contributed by atoms with E-state index in [-0.39, 0.29) is 51.5 Å². The van der Waals surface area contributed by atoms with Crippen molar-refractivity contribution in [3.8, 4) is 16.9 Å². The van der Waals surface area contributed by atoms with Crippen LogP contribution in [0.5, 0.6) is 0 Å². The van der Waals surface area contributed by atoms with Crippen LogP contribution < -0.4 is 16.3 Å². The zero-order chi connectivity index (χ0) is 31.3. The molecule has 9 nitrogen and oxygen atoms in total. The number of hydrogen-bond acceptors (Lipinski definition) is 7. The lowest BCUT2D eigenvalue weighted by Gasteiger charge is -2.44. The first kappa shape index (κ1) is 30.1. The molecule has 12 heteroatoms. The fraction of sp³-hybridized carbons (Fsp3) is 0.323. The van der Waals surface area contributed by atoms with Crippen molar-refractivity contribution in [2.75, 3.05) is 23.7 Å². The van der Waals surface area contributed by atoms with Crippen molar-refractivity contribution in [3.63, 3.8) is 0 Å². The van der Waals surface area contributed by atoms with Crippen molar-refractivity contribution in [2.24, 2.45) is 0 Å². The number of nitrogen functional groups attached to an aromatic ring is 1. The van der Waals surface area contributed by atoms with Crippen molar-refractivity contribution in [1.29, 1.82) is 0 Å². The lowest BCUT2D eigenvalue weighted by molar-refractivity contribution is -0.128. The largest absolute Gasteiger partial charge is 0.398 e. The molecule has 0 aliphatic carbocycles. The number of rotatable bonds is 5. The van der Waals surface area contributed by atoms with E-state index in [0.717, 1.165) is 17.7 Å². The molecule has 1 aromatic carbocycles. The minimum atomic E-state index is -1.12. The van der Waals surface area contributed by atoms with Gasteiger partial charge in [0.15, 0.2) is 17.3 Å². The molecule has 4 aromatic rings. The summed E-state index contributed by atoms with van der Waals surface area (Å²) in [4.78, 5) is 44.1. The number of nitrogens with zero attached hydrogens (tertiary/aromatic N) is 6. The number of carbonyl (C=O) groups excluding carboxylic acids is 1. The van der Waals surface area contributed by atoms with Crippen LogP contribution in [0.3, 0.4) is 0 Å². The van der Waals surface area contributed by atoms with Crippen LogP contribution in [-0.2, 0) is 4.79 Å². The van der Waals surface area contributed by atoms with Gasteiger partial charge in [0.1, 0.15) is 5.82 Å². The number of fused-ring (bicyclic) bond motifs is 1. The fourth-order valence-electron chi connectivity index (χ4n) is 5.61. The van der Waals surface area contributed by atoms with Crippen LogP contribution in [0.2, 0.25) is 5.02 Å². The van der Waals surface area contributed by atoms with Crippen molar-refractivity contribution >= 4 is 40.0 Å². The Balaban J connectivity index is 1.84. The highest BCUT2D eigenvalue weighted by Crippen LogP contribution is 2.38. The van der Waals surface area contributed by atoms with E-state index in [1.165, 1.54) is 10.6 Å². The van der Waals surface area contributed by atoms with E-state index < -0.39 is 17.3 Å². The summed E-state index contributed by atoms with van der Waals surface area (Å²) in [6.45, 7) is 14.0. The van der Waals surface area contributed by atoms with Gasteiger partial charge in [-0.2, -0.15) is 4.98 Å². The molecule has 0 saturated carbocycles. The number of benzene rings is 1. The number of piperazine rings is 1. The fourth-order valence-corrected chi connectivity index (χ4v) is 5.87. The second-order valence-electron chi connectivity index (χ2n) is 11.2. The Labute approximate surface area is 252 Å². The van der Waals surface area contributed by atoms with Crippen LogP contribution >= 0.6 is 11.6 Å². The summed E-state index contributed by atoms with van der Waals surface area (Å²) >= 11 is 6.77. The normalized spacial score (nSPS) is 17.1. The third-order valence-corrected chi connectivity index (χ3v) is 8.08. The molecule has 1 aliphatic rings. The predicted octanol–water partition coefficient (Wildman–Crippen LogP) is 5.40. The minimum Gasteiger partial charge on any atom is -0.398 e. The van der Waals surface area contributed by atoms with E-state index in [2.05, 4.69) is 16.5 Å². The Morgan fingerprint density at radius 2 is 1.84 bits per heavy atom. The van der Waals surface area contributed by atoms with Gasteiger partial charge in [0, 0.05) is 48.7 Å². The van der Waals surface area contributed by atoms with E-state index in [9.17, 15) is 18.4 Å². The summed E-state index contributed by atoms with van der Waals surface area (Å²) in [6, 6.07) is 4.77. The molecule has 0 spiro atoms. The third-order valence-electron chi connectivity index (χ3n) is 7.79. The Kier molecular flexibility index (Phi) is 7.95. The van der Waals surface area contributed by atoms with Crippen LogP contribution in [0.25, 0.3) is 28.0 Å². The molecule has 1 fully saturated rings. The first-order valence-corrected chi connectivity index (χ1v) is 14.3. The van der Waals surface area contributed by atoms with Gasteiger partial charge < -0.3 is 15.5 Å². The number of amides is 1. The van der Waals surface area contributed by atoms with Gasteiger partial charge in [0.2, 0.25) is 5.91 Å². The zero-order valence-corrected chi connectivity index (χ0v) is 25.3. The van der Waals surface area contributed by atoms with Crippen molar-refractivity contribution in [3.05, 3.63) is 81.5 Å². The van der Waals surface area contributed by atoms with Crippen molar-refractivity contribution in [2.45, 2.75) is 52.6 Å². The lowest BCUT2D eigenvalue weighted by Crippen LogP contribution is -2.58. The molecule has 2 unspecified atom stereocenters. The molecule has 3 aromatic heterocycles. The molecule has 4 heterocycles. The van der Waals surface area contributed by atoms with Crippen LogP contribution in [0.1, 0.15) is 44.9 Å². The highest BCUT2D eigenvalue weighted by atomic mass is 35.5. The second-order valence-corrected chi connectivity index (χ2v) is 11.6. The average Bonchev–Trinajstić information content (AvgIpc) is 2.95. The first-order valence-electron chi connectivity index (χ1n) is 13.9. The third kappa shape index (κ3) is 5.22. The topological polar surface area (TPSA) is 110 Å². The summed E-state index contributed by atoms with van der Waals surface area (Å²) in [5, 5.41) is 0.557. The highest BCUT2D eigenvalue weighted by Gasteiger charge is 2.34. The Hall–Kier alpha value is -4.38. The number of aryl methyl sites for hydroxylation is 1. The molecule has 1 saturated heterocycles. The van der Waals surface area contributed by atoms with Crippen LogP contribution in [0.4, 0.5) is 20.3 Å². The number of carbonyl (C=O) groups is 1. The smallest absolute Gasteiger partial charge is 0.355 e. The molecular formula is C31H32ClF2N7O2. The average molecular weight is 608 g/mol. The number of pyridine rings is 2. The molecule has 5 rings (SSSR count). The highest BCUT2D eigenvalue weighted by molar-refractivity contribution is 6.34. The summed E-state index contributed by atoms with van der Waals surface area (Å²) in [6.07, 6.45) is 2.96. The Morgan fingerprint density at radius 1 is 1.14 bits per heavy atom. The number of halogens is 3. The molecule has 224 valence electrons. The van der Waals surface area contributed by atoms with Gasteiger partial charge in [-0.15, -0.1) is 0 Å². The maximum atomic E-state index is 14.4. The van der Waals surface area contributed by atoms with E-state index >= 15 is 0 Å². The summed E-state index contributed by atoms with van der Waals surface area (Å²) in [5.74, 6) is -2.12. The van der Waals surface area contributed by atoms with E-state index in [1.54, 1.807) is 23.2 Å². The predicted molar refractivity (Wildman–Crippen MR) is 165 cm³/mol. The van der Waals surface area contributed by atoms with E-state index in [1.807, 2.05) is 39.5 Å². The monoisotopic (exact) mass is 607 g/mol. The molecule has 1 aliphatic heterocycles. The van der Waals surface area contributed by atoms with Gasteiger partial charge in [-0.3, -0.25) is 9.78 Å². The quantitative estimate of drug-likeness (QED) is 0.239. The molecular weight excluding hydrogens is 576 g/mol. The van der Waals surface area contributed by atoms with Gasteiger partial charge >= 0.3 is 5.69 Å². The summed E-state index contributed by atoms with van der Waals surface area (Å²) < 4.78 is 29.7. The zero-order valence-electron chi connectivity index (χ0n) is 24.5. The van der Waals surface area contributed by atoms with E-state index in [4.69, 9.17) is 22.3 Å². The lowest BCUT2D eigenvalue weighted by atomic mass is 10.0. The Bertz CT molecular complexity index is 1840. The van der Waals surface area contributed by atoms with E-state index in [0.29, 0.717) is 35.7 Å². The maximum Gasteiger partial charge on any atom is 0.355 e. The van der Waals surface area contributed by atoms with Crippen LogP contribution in [-0.4, -0.2) is 55.5 Å². The molecule has 2 atom stereocenters. The molecule has 1 amide bonds.